The first-order valence-corrected chi connectivity index (χ1v) is 20.2. The van der Waals surface area contributed by atoms with Crippen molar-refractivity contribution >= 4 is 82.3 Å². The summed E-state index contributed by atoms with van der Waals surface area (Å²) >= 11 is 1.87. The van der Waals surface area contributed by atoms with Gasteiger partial charge in [-0.3, -0.25) is 4.57 Å². The molecule has 3 aromatic heterocycles. The number of para-hydroxylation sites is 1. The van der Waals surface area contributed by atoms with Crippen LogP contribution in [0.5, 0.6) is 0 Å². The Labute approximate surface area is 299 Å². The van der Waals surface area contributed by atoms with Gasteiger partial charge in [0.15, 0.2) is 5.82 Å². The molecule has 0 aliphatic carbocycles. The summed E-state index contributed by atoms with van der Waals surface area (Å²) in [7, 11) is -2.90. The van der Waals surface area contributed by atoms with Crippen molar-refractivity contribution in [2.75, 3.05) is 0 Å². The maximum atomic E-state index is 5.70. The lowest BCUT2D eigenvalue weighted by Crippen LogP contribution is -2.73. The Balaban J connectivity index is 1.36. The number of thiophene rings is 1. The molecule has 0 saturated heterocycles. The monoisotopic (exact) mass is 683 g/mol. The van der Waals surface area contributed by atoms with Crippen LogP contribution in [0.1, 0.15) is 0 Å². The molecule has 0 spiro atoms. The number of nitrogens with zero attached hydrogens (tertiary/aromatic N) is 3. The van der Waals surface area contributed by atoms with Gasteiger partial charge in [-0.2, -0.15) is 0 Å². The van der Waals surface area contributed by atoms with Crippen LogP contribution in [0.4, 0.5) is 0 Å². The van der Waals surface area contributed by atoms with Crippen LogP contribution in [0.25, 0.3) is 70.3 Å². The Bertz CT molecular complexity index is 2930. The fourth-order valence-electron chi connectivity index (χ4n) is 8.63. The molecule has 0 atom stereocenters. The van der Waals surface area contributed by atoms with E-state index in [4.69, 9.17) is 9.97 Å². The van der Waals surface area contributed by atoms with Gasteiger partial charge < -0.3 is 0 Å². The molecule has 5 heteroatoms. The van der Waals surface area contributed by atoms with E-state index in [1.54, 1.807) is 0 Å². The van der Waals surface area contributed by atoms with Crippen LogP contribution >= 0.6 is 11.3 Å². The number of hydrogen-bond acceptors (Lipinski definition) is 3. The first-order valence-electron chi connectivity index (χ1n) is 17.3. The van der Waals surface area contributed by atoms with E-state index in [1.165, 1.54) is 52.1 Å². The minimum atomic E-state index is -2.90. The number of rotatable bonds is 4. The summed E-state index contributed by atoms with van der Waals surface area (Å²) in [5, 5.41) is 10.2. The molecular weight excluding hydrogens is 655 g/mol. The normalized spacial score (nSPS) is 13.3. The lowest BCUT2D eigenvalue weighted by atomic mass is 10.1. The van der Waals surface area contributed by atoms with Gasteiger partial charge in [-0.05, 0) is 45.4 Å². The maximum absolute atomic E-state index is 5.70. The van der Waals surface area contributed by atoms with Crippen LogP contribution in [0.2, 0.25) is 0 Å². The molecule has 3 nitrogen and oxygen atoms in total. The summed E-state index contributed by atoms with van der Waals surface area (Å²) in [5.41, 5.74) is 5.65. The second kappa shape index (κ2) is 10.9. The molecule has 7 aromatic carbocycles. The number of benzene rings is 7. The van der Waals surface area contributed by atoms with Crippen LogP contribution in [-0.2, 0) is 0 Å². The summed E-state index contributed by atoms with van der Waals surface area (Å²) < 4.78 is 5.04. The van der Waals surface area contributed by atoms with Crippen molar-refractivity contribution in [3.8, 4) is 28.3 Å². The standard InChI is InChI=1S/C46H29N3SSi/c1-4-16-30(17-5-1)44-47-45(49-36-25-13-10-22-33(36)41-37(49)28-29-39-42(41)34-23-11-14-26-38(34)50-39)43-35-24-12-15-27-40(35)51(46(43)48-44,31-18-6-2-7-19-31)32-20-8-3-9-21-32/h1-29H. The smallest absolute Gasteiger partial charge is 0.203 e. The Hall–Kier alpha value is -6.14. The highest BCUT2D eigenvalue weighted by Crippen LogP contribution is 2.44. The highest BCUT2D eigenvalue weighted by molar-refractivity contribution is 7.26. The third-order valence-electron chi connectivity index (χ3n) is 10.7. The molecule has 238 valence electrons. The molecule has 0 amide bonds. The van der Waals surface area contributed by atoms with E-state index in [0.29, 0.717) is 0 Å². The minimum absolute atomic E-state index is 0.744. The second-order valence-electron chi connectivity index (χ2n) is 13.3. The average molecular weight is 684 g/mol. The van der Waals surface area contributed by atoms with Gasteiger partial charge in [0.25, 0.3) is 0 Å². The molecular formula is C46H29N3SSi. The van der Waals surface area contributed by atoms with E-state index >= 15 is 0 Å². The van der Waals surface area contributed by atoms with Crippen molar-refractivity contribution in [2.45, 2.75) is 0 Å². The quantitative estimate of drug-likeness (QED) is 0.174. The van der Waals surface area contributed by atoms with Crippen molar-refractivity contribution < 1.29 is 0 Å². The Morgan fingerprint density at radius 3 is 1.86 bits per heavy atom. The fourth-order valence-corrected chi connectivity index (χ4v) is 14.7. The van der Waals surface area contributed by atoms with Gasteiger partial charge >= 0.3 is 0 Å². The molecule has 1 aliphatic rings. The summed E-state index contributed by atoms with van der Waals surface area (Å²) in [6, 6.07) is 64.0. The van der Waals surface area contributed by atoms with E-state index in [0.717, 1.165) is 39.1 Å². The third-order valence-corrected chi connectivity index (χ3v) is 16.5. The number of aromatic nitrogens is 3. The molecule has 11 rings (SSSR count). The average Bonchev–Trinajstić information content (AvgIpc) is 3.85. The molecule has 1 aliphatic heterocycles. The predicted molar refractivity (Wildman–Crippen MR) is 217 cm³/mol. The zero-order valence-electron chi connectivity index (χ0n) is 27.5. The fraction of sp³-hybridized carbons (Fsp3) is 0. The molecule has 0 unspecified atom stereocenters. The third kappa shape index (κ3) is 3.93. The van der Waals surface area contributed by atoms with Crippen LogP contribution in [0.3, 0.4) is 0 Å². The Morgan fingerprint density at radius 1 is 0.471 bits per heavy atom. The van der Waals surface area contributed by atoms with Crippen LogP contribution in [0, 0.1) is 0 Å². The zero-order valence-corrected chi connectivity index (χ0v) is 29.3. The maximum Gasteiger partial charge on any atom is 0.203 e. The molecule has 0 fully saturated rings. The van der Waals surface area contributed by atoms with E-state index in [1.807, 2.05) is 11.3 Å². The van der Waals surface area contributed by atoms with E-state index < -0.39 is 8.07 Å². The molecule has 51 heavy (non-hydrogen) atoms. The Morgan fingerprint density at radius 2 is 1.10 bits per heavy atom. The SMILES string of the molecule is c1ccc(-c2nc(-n3c4ccccc4c4c5c(ccc43)sc3ccccc35)c3c(n2)[Si](c2ccccc2)(c2ccccc2)c2ccccc2-3)cc1. The molecule has 10 aromatic rings. The molecule has 0 N–H and O–H groups in total. The van der Waals surface area contributed by atoms with Gasteiger partial charge in [0.1, 0.15) is 5.82 Å². The minimum Gasteiger partial charge on any atom is -0.293 e. The lowest BCUT2D eigenvalue weighted by Gasteiger charge is -2.30. The highest BCUT2D eigenvalue weighted by Gasteiger charge is 2.51. The molecule has 0 saturated carbocycles. The second-order valence-corrected chi connectivity index (χ2v) is 18.0. The molecule has 0 bridgehead atoms. The number of hydrogen-bond donors (Lipinski definition) is 0. The van der Waals surface area contributed by atoms with Crippen molar-refractivity contribution in [2.24, 2.45) is 0 Å². The van der Waals surface area contributed by atoms with Crippen molar-refractivity contribution in [3.05, 3.63) is 176 Å². The zero-order chi connectivity index (χ0) is 33.5. The van der Waals surface area contributed by atoms with Gasteiger partial charge in [-0.25, -0.2) is 9.97 Å². The largest absolute Gasteiger partial charge is 0.293 e. The van der Waals surface area contributed by atoms with Gasteiger partial charge in [0, 0.05) is 42.1 Å². The summed E-state index contributed by atoms with van der Waals surface area (Å²) in [5.74, 6) is 1.67. The van der Waals surface area contributed by atoms with Crippen molar-refractivity contribution in [3.63, 3.8) is 0 Å². The van der Waals surface area contributed by atoms with Crippen molar-refractivity contribution in [1.29, 1.82) is 0 Å². The van der Waals surface area contributed by atoms with Crippen LogP contribution < -0.4 is 20.9 Å². The topological polar surface area (TPSA) is 30.7 Å². The molecule has 4 heterocycles. The lowest BCUT2D eigenvalue weighted by molar-refractivity contribution is 1.06. The first kappa shape index (κ1) is 28.7. The molecule has 0 radical (unpaired) electrons. The van der Waals surface area contributed by atoms with E-state index in [-0.39, 0.29) is 0 Å². The van der Waals surface area contributed by atoms with Gasteiger partial charge in [-0.1, -0.05) is 152 Å². The van der Waals surface area contributed by atoms with Crippen LogP contribution in [-0.4, -0.2) is 22.6 Å². The predicted octanol–water partition coefficient (Wildman–Crippen LogP) is 8.97. The Kier molecular flexibility index (Phi) is 6.14. The van der Waals surface area contributed by atoms with Gasteiger partial charge in [0.2, 0.25) is 8.07 Å². The highest BCUT2D eigenvalue weighted by atomic mass is 32.1. The summed E-state index contributed by atoms with van der Waals surface area (Å²) in [6.07, 6.45) is 0. The van der Waals surface area contributed by atoms with Gasteiger partial charge in [0.05, 0.1) is 16.4 Å². The summed E-state index contributed by atoms with van der Waals surface area (Å²) in [6.45, 7) is 0. The van der Waals surface area contributed by atoms with E-state index in [2.05, 4.69) is 180 Å². The van der Waals surface area contributed by atoms with Gasteiger partial charge in [-0.15, -0.1) is 11.3 Å². The first-order chi connectivity index (χ1) is 25.3. The van der Waals surface area contributed by atoms with Crippen molar-refractivity contribution in [1.82, 2.24) is 14.5 Å². The number of fused-ring (bicyclic) bond motifs is 10. The summed E-state index contributed by atoms with van der Waals surface area (Å²) in [4.78, 5) is 11.3. The van der Waals surface area contributed by atoms with Crippen LogP contribution in [0.15, 0.2) is 176 Å². The van der Waals surface area contributed by atoms with E-state index in [9.17, 15) is 0 Å².